The van der Waals surface area contributed by atoms with Crippen LogP contribution in [-0.4, -0.2) is 19.9 Å². The lowest BCUT2D eigenvalue weighted by Crippen LogP contribution is -2.40. The third kappa shape index (κ3) is 3.74. The maximum Gasteiger partial charge on any atom is 0.311 e. The first kappa shape index (κ1) is 20.6. The van der Waals surface area contributed by atoms with Gasteiger partial charge in [0.2, 0.25) is 12.5 Å². The minimum Gasteiger partial charge on any atom is -0.493 e. The van der Waals surface area contributed by atoms with Crippen molar-refractivity contribution in [3.8, 4) is 34.3 Å². The van der Waals surface area contributed by atoms with Crippen molar-refractivity contribution in [3.63, 3.8) is 0 Å². The van der Waals surface area contributed by atoms with E-state index in [1.807, 2.05) is 12.1 Å². The van der Waals surface area contributed by atoms with E-state index >= 15 is 0 Å². The van der Waals surface area contributed by atoms with E-state index in [4.69, 9.17) is 18.9 Å². The van der Waals surface area contributed by atoms with E-state index in [9.17, 15) is 4.79 Å². The first-order valence-corrected chi connectivity index (χ1v) is 11.4. The smallest absolute Gasteiger partial charge is 0.311 e. The quantitative estimate of drug-likeness (QED) is 0.228. The average Bonchev–Trinajstić information content (AvgIpc) is 3.27. The Hall–Kier alpha value is -3.28. The highest BCUT2D eigenvalue weighted by atomic mass is 16.7. The Bertz CT molecular complexity index is 1190. The topological polar surface area (TPSA) is 57.9 Å². The number of hydrogen-bond acceptors (Lipinski definition) is 5. The first-order valence-electron chi connectivity index (χ1n) is 11.4. The molecule has 3 aromatic rings. The number of unbranched alkanes of at least 4 members (excludes halogenated alkanes) is 3. The molecule has 0 N–H and O–H groups in total. The van der Waals surface area contributed by atoms with Crippen molar-refractivity contribution < 1.29 is 28.3 Å². The summed E-state index contributed by atoms with van der Waals surface area (Å²) in [5.41, 5.74) is 3.51. The molecule has 0 fully saturated rings. The summed E-state index contributed by atoms with van der Waals surface area (Å²) >= 11 is 0. The molecule has 2 aliphatic heterocycles. The molecule has 0 unspecified atom stereocenters. The lowest BCUT2D eigenvalue weighted by atomic mass is 9.95. The normalized spacial score (nSPS) is 13.6. The molecule has 0 atom stereocenters. The number of rotatable bonds is 7. The number of hydrogen-bond donors (Lipinski definition) is 0. The summed E-state index contributed by atoms with van der Waals surface area (Å²) in [4.78, 5) is 12.5. The molecule has 0 saturated carbocycles. The van der Waals surface area contributed by atoms with Crippen molar-refractivity contribution >= 4 is 16.7 Å². The monoisotopic (exact) mass is 434 g/mol. The Morgan fingerprint density at radius 1 is 1.09 bits per heavy atom. The lowest BCUT2D eigenvalue weighted by molar-refractivity contribution is -0.686. The van der Waals surface area contributed by atoms with Crippen LogP contribution in [0.15, 0.2) is 36.5 Å². The zero-order valence-electron chi connectivity index (χ0n) is 18.6. The zero-order chi connectivity index (χ0) is 22.1. The maximum absolute atomic E-state index is 12.5. The average molecular weight is 435 g/mol. The summed E-state index contributed by atoms with van der Waals surface area (Å²) in [7, 11) is 1.60. The van der Waals surface area contributed by atoms with E-state index in [0.717, 1.165) is 72.2 Å². The first-order chi connectivity index (χ1) is 15.7. The second-order valence-electron chi connectivity index (χ2n) is 8.35. The third-order valence-corrected chi connectivity index (χ3v) is 6.25. The molecule has 0 spiro atoms. The highest BCUT2D eigenvalue weighted by Gasteiger charge is 2.29. The van der Waals surface area contributed by atoms with Crippen LogP contribution >= 0.6 is 0 Å². The van der Waals surface area contributed by atoms with Crippen molar-refractivity contribution in [2.75, 3.05) is 13.9 Å². The summed E-state index contributed by atoms with van der Waals surface area (Å²) < 4.78 is 24.7. The summed E-state index contributed by atoms with van der Waals surface area (Å²) in [5.74, 6) is 2.45. The molecule has 0 radical (unpaired) electrons. The molecule has 0 bridgehead atoms. The molecular formula is C26H28NO5+. The van der Waals surface area contributed by atoms with E-state index < -0.39 is 0 Å². The van der Waals surface area contributed by atoms with Crippen LogP contribution in [0.4, 0.5) is 0 Å². The van der Waals surface area contributed by atoms with Crippen molar-refractivity contribution in [1.29, 1.82) is 0 Å². The van der Waals surface area contributed by atoms with Gasteiger partial charge >= 0.3 is 5.97 Å². The number of benzene rings is 2. The minimum atomic E-state index is -0.215. The molecular weight excluding hydrogens is 406 g/mol. The van der Waals surface area contributed by atoms with Gasteiger partial charge in [-0.25, -0.2) is 0 Å². The van der Waals surface area contributed by atoms with Gasteiger partial charge in [0.15, 0.2) is 35.7 Å². The Morgan fingerprint density at radius 2 is 1.94 bits per heavy atom. The number of fused-ring (bicyclic) bond motifs is 5. The third-order valence-electron chi connectivity index (χ3n) is 6.25. The predicted octanol–water partition coefficient (Wildman–Crippen LogP) is 4.96. The molecule has 6 nitrogen and oxygen atoms in total. The summed E-state index contributed by atoms with van der Waals surface area (Å²) in [6, 6.07) is 10.2. The highest BCUT2D eigenvalue weighted by Crippen LogP contribution is 2.41. The molecule has 2 aliphatic rings. The SMILES string of the molecule is CCCCCCC(=O)Oc1c(OC)ccc2cc3[n+](cc12)CCc1cc2c(cc1-3)OCO2. The van der Waals surface area contributed by atoms with Crippen molar-refractivity contribution in [2.45, 2.75) is 52.0 Å². The number of carbonyl (C=O) groups is 1. The van der Waals surface area contributed by atoms with Gasteiger partial charge in [-0.3, -0.25) is 4.79 Å². The summed E-state index contributed by atoms with van der Waals surface area (Å²) in [6.45, 7) is 3.26. The fourth-order valence-electron chi connectivity index (χ4n) is 4.52. The van der Waals surface area contributed by atoms with Gasteiger partial charge in [0.05, 0.1) is 18.1 Å². The number of aryl methyl sites for hydroxylation is 2. The standard InChI is InChI=1S/C26H28NO5/c1-3-4-5-6-7-25(28)32-26-20-15-27-11-10-18-13-23-24(31-16-30-23)14-19(18)21(27)12-17(20)8-9-22(26)29-2/h8-9,12-15H,3-7,10-11,16H2,1-2H3/q+1. The molecule has 6 heteroatoms. The van der Waals surface area contributed by atoms with Gasteiger partial charge in [-0.2, -0.15) is 4.57 Å². The minimum absolute atomic E-state index is 0.215. The van der Waals surface area contributed by atoms with E-state index in [1.165, 1.54) is 5.56 Å². The van der Waals surface area contributed by atoms with Crippen molar-refractivity contribution in [1.82, 2.24) is 0 Å². The molecule has 3 heterocycles. The van der Waals surface area contributed by atoms with Gasteiger partial charge < -0.3 is 18.9 Å². The van der Waals surface area contributed by atoms with Crippen LogP contribution in [0.1, 0.15) is 44.6 Å². The van der Waals surface area contributed by atoms with Crippen LogP contribution in [0.3, 0.4) is 0 Å². The zero-order valence-corrected chi connectivity index (χ0v) is 18.6. The highest BCUT2D eigenvalue weighted by molar-refractivity contribution is 5.93. The number of nitrogens with zero attached hydrogens (tertiary/aromatic N) is 1. The molecule has 0 saturated heterocycles. The number of pyridine rings is 1. The van der Waals surface area contributed by atoms with Crippen LogP contribution in [0.2, 0.25) is 0 Å². The largest absolute Gasteiger partial charge is 0.493 e. The Kier molecular flexibility index (Phi) is 5.60. The molecule has 32 heavy (non-hydrogen) atoms. The molecule has 1 aromatic heterocycles. The molecule has 0 amide bonds. The number of aromatic nitrogens is 1. The van der Waals surface area contributed by atoms with Crippen LogP contribution in [0.25, 0.3) is 22.0 Å². The van der Waals surface area contributed by atoms with Crippen LogP contribution < -0.4 is 23.5 Å². The van der Waals surface area contributed by atoms with Gasteiger partial charge in [-0.05, 0) is 41.6 Å². The number of ether oxygens (including phenoxy) is 4. The predicted molar refractivity (Wildman–Crippen MR) is 120 cm³/mol. The van der Waals surface area contributed by atoms with E-state index in [0.29, 0.717) is 17.9 Å². The van der Waals surface area contributed by atoms with Gasteiger partial charge in [-0.15, -0.1) is 0 Å². The number of methoxy groups -OCH3 is 1. The van der Waals surface area contributed by atoms with Crippen molar-refractivity contribution in [2.24, 2.45) is 0 Å². The second-order valence-corrected chi connectivity index (χ2v) is 8.35. The maximum atomic E-state index is 12.5. The number of esters is 1. The Balaban J connectivity index is 1.52. The van der Waals surface area contributed by atoms with Crippen molar-refractivity contribution in [3.05, 3.63) is 42.1 Å². The molecule has 166 valence electrons. The Labute approximate surface area is 187 Å². The Morgan fingerprint density at radius 3 is 2.75 bits per heavy atom. The summed E-state index contributed by atoms with van der Waals surface area (Å²) in [5, 5.41) is 1.87. The summed E-state index contributed by atoms with van der Waals surface area (Å²) in [6.07, 6.45) is 7.54. The van der Waals surface area contributed by atoms with Crippen LogP contribution in [-0.2, 0) is 17.8 Å². The van der Waals surface area contributed by atoms with Gasteiger partial charge in [0.1, 0.15) is 0 Å². The molecule has 5 rings (SSSR count). The molecule has 0 aliphatic carbocycles. The second kappa shape index (κ2) is 8.69. The van der Waals surface area contributed by atoms with E-state index in [-0.39, 0.29) is 12.8 Å². The fraction of sp³-hybridized carbons (Fsp3) is 0.385. The van der Waals surface area contributed by atoms with E-state index in [2.05, 4.69) is 35.9 Å². The van der Waals surface area contributed by atoms with Gasteiger partial charge in [0.25, 0.3) is 0 Å². The number of carbonyl (C=O) groups excluding carboxylic acids is 1. The van der Waals surface area contributed by atoms with Crippen LogP contribution in [0, 0.1) is 0 Å². The van der Waals surface area contributed by atoms with Crippen LogP contribution in [0.5, 0.6) is 23.0 Å². The lowest BCUT2D eigenvalue weighted by Gasteiger charge is -2.17. The van der Waals surface area contributed by atoms with Gasteiger partial charge in [-0.1, -0.05) is 26.2 Å². The van der Waals surface area contributed by atoms with E-state index in [1.54, 1.807) is 7.11 Å². The van der Waals surface area contributed by atoms with Gasteiger partial charge in [0, 0.05) is 18.9 Å². The molecule has 2 aromatic carbocycles. The fourth-order valence-corrected chi connectivity index (χ4v) is 4.52.